The zero-order valence-corrected chi connectivity index (χ0v) is 17.8. The second kappa shape index (κ2) is 9.57. The van der Waals surface area contributed by atoms with E-state index in [1.54, 1.807) is 18.3 Å². The summed E-state index contributed by atoms with van der Waals surface area (Å²) in [4.78, 5) is 27.2. The number of anilines is 6. The summed E-state index contributed by atoms with van der Waals surface area (Å²) < 4.78 is 0. The van der Waals surface area contributed by atoms with Crippen molar-refractivity contribution in [2.45, 2.75) is 0 Å². The molecular weight excluding hydrogens is 402 g/mol. The number of nitrogens with zero attached hydrogens (tertiary/aromatic N) is 4. The van der Waals surface area contributed by atoms with Gasteiger partial charge < -0.3 is 20.9 Å². The monoisotopic (exact) mass is 425 g/mol. The third-order valence-electron chi connectivity index (χ3n) is 4.63. The minimum atomic E-state index is -0.157. The standard InChI is InChI=1S/C24H23N7O/c1-31(2)20-7-5-6-17(14-20)24(32)29-19-11-9-18(10-12-19)28-22-15-23(27-16-26-22)30-21-8-3-4-13-25-21/h3-16H,1-2H3,(H,29,32)(H2,25,26,27,28,30). The van der Waals surface area contributed by atoms with Gasteiger partial charge in [-0.25, -0.2) is 15.0 Å². The van der Waals surface area contributed by atoms with Crippen LogP contribution in [0.25, 0.3) is 0 Å². The number of carbonyl (C=O) groups is 1. The summed E-state index contributed by atoms with van der Waals surface area (Å²) in [6.45, 7) is 0. The molecule has 0 aliphatic heterocycles. The maximum absolute atomic E-state index is 12.6. The Bertz CT molecular complexity index is 1190. The van der Waals surface area contributed by atoms with Crippen LogP contribution in [0, 0.1) is 0 Å². The van der Waals surface area contributed by atoms with Gasteiger partial charge in [0.1, 0.15) is 23.8 Å². The Balaban J connectivity index is 1.39. The van der Waals surface area contributed by atoms with Gasteiger partial charge in [-0.2, -0.15) is 0 Å². The Kier molecular flexibility index (Phi) is 6.22. The van der Waals surface area contributed by atoms with Gasteiger partial charge in [0, 0.05) is 49.0 Å². The fourth-order valence-electron chi connectivity index (χ4n) is 2.98. The van der Waals surface area contributed by atoms with Gasteiger partial charge in [-0.1, -0.05) is 12.1 Å². The highest BCUT2D eigenvalue weighted by molar-refractivity contribution is 6.04. The van der Waals surface area contributed by atoms with Crippen LogP contribution in [0.3, 0.4) is 0 Å². The van der Waals surface area contributed by atoms with Crippen molar-refractivity contribution in [3.8, 4) is 0 Å². The first-order valence-electron chi connectivity index (χ1n) is 10.0. The Morgan fingerprint density at radius 1 is 0.750 bits per heavy atom. The molecule has 0 bridgehead atoms. The number of amides is 1. The Labute approximate surface area is 186 Å². The van der Waals surface area contributed by atoms with E-state index >= 15 is 0 Å². The van der Waals surface area contributed by atoms with Crippen LogP contribution in [0.15, 0.2) is 85.3 Å². The molecule has 0 radical (unpaired) electrons. The quantitative estimate of drug-likeness (QED) is 0.396. The molecule has 0 aliphatic carbocycles. The van der Waals surface area contributed by atoms with Gasteiger partial charge in [-0.15, -0.1) is 0 Å². The molecule has 0 saturated heterocycles. The highest BCUT2D eigenvalue weighted by Gasteiger charge is 2.08. The van der Waals surface area contributed by atoms with Crippen LogP contribution in [0.1, 0.15) is 10.4 Å². The first kappa shape index (κ1) is 20.8. The summed E-state index contributed by atoms with van der Waals surface area (Å²) in [5, 5.41) is 9.29. The van der Waals surface area contributed by atoms with E-state index in [1.807, 2.05) is 79.7 Å². The van der Waals surface area contributed by atoms with Gasteiger partial charge in [0.05, 0.1) is 0 Å². The summed E-state index contributed by atoms with van der Waals surface area (Å²) in [6, 6.07) is 22.3. The zero-order chi connectivity index (χ0) is 22.3. The zero-order valence-electron chi connectivity index (χ0n) is 17.8. The lowest BCUT2D eigenvalue weighted by molar-refractivity contribution is 0.102. The molecule has 2 aromatic carbocycles. The van der Waals surface area contributed by atoms with Crippen LogP contribution in [-0.2, 0) is 0 Å². The topological polar surface area (TPSA) is 95.1 Å². The minimum absolute atomic E-state index is 0.157. The molecule has 4 rings (SSSR count). The highest BCUT2D eigenvalue weighted by Crippen LogP contribution is 2.21. The SMILES string of the molecule is CN(C)c1cccc(C(=O)Nc2ccc(Nc3cc(Nc4ccccn4)ncn3)cc2)c1. The minimum Gasteiger partial charge on any atom is -0.378 e. The van der Waals surface area contributed by atoms with E-state index in [4.69, 9.17) is 0 Å². The molecule has 0 saturated carbocycles. The predicted octanol–water partition coefficient (Wildman–Crippen LogP) is 4.68. The van der Waals surface area contributed by atoms with Crippen LogP contribution in [-0.4, -0.2) is 35.0 Å². The van der Waals surface area contributed by atoms with Crippen molar-refractivity contribution in [3.05, 3.63) is 90.9 Å². The third kappa shape index (κ3) is 5.37. The molecule has 160 valence electrons. The summed E-state index contributed by atoms with van der Waals surface area (Å²) >= 11 is 0. The molecule has 2 aromatic heterocycles. The molecular formula is C24H23N7O. The van der Waals surface area contributed by atoms with Gasteiger partial charge in [-0.05, 0) is 54.6 Å². The van der Waals surface area contributed by atoms with E-state index in [0.717, 1.165) is 11.4 Å². The lowest BCUT2D eigenvalue weighted by Crippen LogP contribution is -2.14. The van der Waals surface area contributed by atoms with Crippen molar-refractivity contribution in [2.75, 3.05) is 34.9 Å². The molecule has 8 nitrogen and oxygen atoms in total. The average molecular weight is 425 g/mol. The number of benzene rings is 2. The Morgan fingerprint density at radius 2 is 1.50 bits per heavy atom. The number of hydrogen-bond donors (Lipinski definition) is 3. The molecule has 3 N–H and O–H groups in total. The molecule has 4 aromatic rings. The van der Waals surface area contributed by atoms with Crippen LogP contribution in [0.5, 0.6) is 0 Å². The van der Waals surface area contributed by atoms with Crippen molar-refractivity contribution in [1.82, 2.24) is 15.0 Å². The number of hydrogen-bond acceptors (Lipinski definition) is 7. The van der Waals surface area contributed by atoms with Gasteiger partial charge in [0.2, 0.25) is 0 Å². The number of aromatic nitrogens is 3. The molecule has 1 amide bonds. The van der Waals surface area contributed by atoms with Gasteiger partial charge >= 0.3 is 0 Å². The van der Waals surface area contributed by atoms with Crippen LogP contribution in [0.2, 0.25) is 0 Å². The number of rotatable bonds is 7. The number of pyridine rings is 1. The van der Waals surface area contributed by atoms with Gasteiger partial charge in [-0.3, -0.25) is 4.79 Å². The highest BCUT2D eigenvalue weighted by atomic mass is 16.1. The molecule has 0 aliphatic rings. The summed E-state index contributed by atoms with van der Waals surface area (Å²) in [5.41, 5.74) is 3.11. The second-order valence-electron chi connectivity index (χ2n) is 7.23. The maximum atomic E-state index is 12.6. The largest absolute Gasteiger partial charge is 0.378 e. The first-order chi connectivity index (χ1) is 15.6. The van der Waals surface area contributed by atoms with E-state index in [1.165, 1.54) is 6.33 Å². The van der Waals surface area contributed by atoms with Crippen molar-refractivity contribution in [3.63, 3.8) is 0 Å². The Morgan fingerprint density at radius 3 is 2.22 bits per heavy atom. The molecule has 32 heavy (non-hydrogen) atoms. The van der Waals surface area contributed by atoms with Crippen molar-refractivity contribution in [1.29, 1.82) is 0 Å². The van der Waals surface area contributed by atoms with E-state index < -0.39 is 0 Å². The molecule has 0 spiro atoms. The molecule has 0 unspecified atom stereocenters. The first-order valence-corrected chi connectivity index (χ1v) is 10.0. The Hall–Kier alpha value is -4.46. The summed E-state index contributed by atoms with van der Waals surface area (Å²) in [7, 11) is 3.88. The van der Waals surface area contributed by atoms with Gasteiger partial charge in [0.15, 0.2) is 0 Å². The number of carbonyl (C=O) groups excluding carboxylic acids is 1. The smallest absolute Gasteiger partial charge is 0.255 e. The fraction of sp³-hybridized carbons (Fsp3) is 0.0833. The molecule has 2 heterocycles. The van der Waals surface area contributed by atoms with Crippen molar-refractivity contribution < 1.29 is 4.79 Å². The normalized spacial score (nSPS) is 10.3. The summed E-state index contributed by atoms with van der Waals surface area (Å²) in [6.07, 6.45) is 3.19. The van der Waals surface area contributed by atoms with E-state index in [9.17, 15) is 4.79 Å². The summed E-state index contributed by atoms with van der Waals surface area (Å²) in [5.74, 6) is 1.81. The van der Waals surface area contributed by atoms with Crippen molar-refractivity contribution in [2.24, 2.45) is 0 Å². The lowest BCUT2D eigenvalue weighted by Gasteiger charge is -2.13. The van der Waals surface area contributed by atoms with E-state index in [0.29, 0.717) is 28.7 Å². The average Bonchev–Trinajstić information content (AvgIpc) is 2.81. The predicted molar refractivity (Wildman–Crippen MR) is 128 cm³/mol. The second-order valence-corrected chi connectivity index (χ2v) is 7.23. The van der Waals surface area contributed by atoms with Gasteiger partial charge in [0.25, 0.3) is 5.91 Å². The molecule has 0 atom stereocenters. The van der Waals surface area contributed by atoms with Crippen LogP contribution < -0.4 is 20.9 Å². The molecule has 0 fully saturated rings. The third-order valence-corrected chi connectivity index (χ3v) is 4.63. The lowest BCUT2D eigenvalue weighted by atomic mass is 10.1. The van der Waals surface area contributed by atoms with Crippen LogP contribution >= 0.6 is 0 Å². The van der Waals surface area contributed by atoms with Crippen molar-refractivity contribution >= 4 is 40.4 Å². The maximum Gasteiger partial charge on any atom is 0.255 e. The number of nitrogens with one attached hydrogen (secondary N) is 3. The van der Waals surface area contributed by atoms with E-state index in [-0.39, 0.29) is 5.91 Å². The molecule has 8 heteroatoms. The fourth-order valence-corrected chi connectivity index (χ4v) is 2.98. The van der Waals surface area contributed by atoms with E-state index in [2.05, 4.69) is 30.9 Å². The van der Waals surface area contributed by atoms with Crippen LogP contribution in [0.4, 0.5) is 34.5 Å².